The molecule has 1 aromatic heterocycles. The molecule has 1 aliphatic heterocycles. The highest BCUT2D eigenvalue weighted by Gasteiger charge is 2.23. The van der Waals surface area contributed by atoms with Crippen LogP contribution in [0.25, 0.3) is 10.8 Å². The lowest BCUT2D eigenvalue weighted by molar-refractivity contribution is 0.273. The molecule has 1 N–H and O–H groups in total. The fourth-order valence-electron chi connectivity index (χ4n) is 2.88. The van der Waals surface area contributed by atoms with Gasteiger partial charge in [0.15, 0.2) is 0 Å². The summed E-state index contributed by atoms with van der Waals surface area (Å²) in [7, 11) is 0. The molecule has 1 aromatic carbocycles. The van der Waals surface area contributed by atoms with Crippen LogP contribution in [0.4, 0.5) is 0 Å². The number of hydrogen-bond donors (Lipinski definition) is 1. The van der Waals surface area contributed by atoms with E-state index in [4.69, 9.17) is 0 Å². The van der Waals surface area contributed by atoms with Gasteiger partial charge in [0.2, 0.25) is 0 Å². The lowest BCUT2D eigenvalue weighted by atomic mass is 9.98. The summed E-state index contributed by atoms with van der Waals surface area (Å²) in [5, 5.41) is 9.55. The van der Waals surface area contributed by atoms with Crippen LogP contribution in [0.15, 0.2) is 35.3 Å². The maximum Gasteiger partial charge on any atom is 0.274 e. The van der Waals surface area contributed by atoms with E-state index in [1.54, 1.807) is 10.9 Å². The lowest BCUT2D eigenvalue weighted by Crippen LogP contribution is -2.41. The minimum Gasteiger partial charge on any atom is -0.314 e. The van der Waals surface area contributed by atoms with Crippen molar-refractivity contribution in [2.75, 3.05) is 6.54 Å². The first-order chi connectivity index (χ1) is 9.29. The predicted molar refractivity (Wildman–Crippen MR) is 76.4 cm³/mol. The molecule has 2 atom stereocenters. The number of piperidine rings is 1. The number of nitrogens with one attached hydrogen (secondary N) is 1. The van der Waals surface area contributed by atoms with Crippen molar-refractivity contribution in [3.63, 3.8) is 0 Å². The van der Waals surface area contributed by atoms with Crippen LogP contribution >= 0.6 is 0 Å². The molecule has 100 valence electrons. The van der Waals surface area contributed by atoms with Crippen molar-refractivity contribution in [2.24, 2.45) is 0 Å². The molecule has 1 aliphatic rings. The van der Waals surface area contributed by atoms with Gasteiger partial charge in [-0.25, -0.2) is 4.68 Å². The molecular formula is C15H19N3O. The highest BCUT2D eigenvalue weighted by molar-refractivity contribution is 5.80. The Balaban J connectivity index is 2.01. The molecule has 0 saturated carbocycles. The maximum absolute atomic E-state index is 12.5. The summed E-state index contributed by atoms with van der Waals surface area (Å²) < 4.78 is 1.69. The summed E-state index contributed by atoms with van der Waals surface area (Å²) in [4.78, 5) is 12.5. The first kappa shape index (κ1) is 12.4. The van der Waals surface area contributed by atoms with Crippen LogP contribution in [-0.2, 0) is 0 Å². The van der Waals surface area contributed by atoms with E-state index in [1.807, 2.05) is 24.3 Å². The molecule has 0 bridgehead atoms. The van der Waals surface area contributed by atoms with Gasteiger partial charge in [0.05, 0.1) is 17.6 Å². The quantitative estimate of drug-likeness (QED) is 0.896. The number of hydrogen-bond acceptors (Lipinski definition) is 3. The van der Waals surface area contributed by atoms with Gasteiger partial charge in [-0.15, -0.1) is 0 Å². The number of benzene rings is 1. The van der Waals surface area contributed by atoms with Crippen LogP contribution < -0.4 is 10.9 Å². The summed E-state index contributed by atoms with van der Waals surface area (Å²) in [6, 6.07) is 8.39. The van der Waals surface area contributed by atoms with Gasteiger partial charge in [0.25, 0.3) is 5.56 Å². The molecule has 2 unspecified atom stereocenters. The summed E-state index contributed by atoms with van der Waals surface area (Å²) >= 11 is 0. The first-order valence-electron chi connectivity index (χ1n) is 6.99. The van der Waals surface area contributed by atoms with Gasteiger partial charge in [-0.3, -0.25) is 4.79 Å². The van der Waals surface area contributed by atoms with E-state index in [1.165, 1.54) is 0 Å². The smallest absolute Gasteiger partial charge is 0.274 e. The van der Waals surface area contributed by atoms with Gasteiger partial charge in [0, 0.05) is 11.4 Å². The zero-order valence-electron chi connectivity index (χ0n) is 11.2. The molecule has 0 aliphatic carbocycles. The predicted octanol–water partition coefficient (Wildman–Crippen LogP) is 2.10. The van der Waals surface area contributed by atoms with Gasteiger partial charge >= 0.3 is 0 Å². The minimum absolute atomic E-state index is 0.0415. The highest BCUT2D eigenvalue weighted by Crippen LogP contribution is 2.21. The molecule has 1 saturated heterocycles. The van der Waals surface area contributed by atoms with E-state index < -0.39 is 0 Å². The van der Waals surface area contributed by atoms with Gasteiger partial charge in [-0.2, -0.15) is 5.10 Å². The van der Waals surface area contributed by atoms with Gasteiger partial charge in [0.1, 0.15) is 0 Å². The summed E-state index contributed by atoms with van der Waals surface area (Å²) in [5.41, 5.74) is 0.0415. The number of rotatable bonds is 2. The molecule has 4 heteroatoms. The van der Waals surface area contributed by atoms with Crippen molar-refractivity contribution in [1.82, 2.24) is 15.1 Å². The second-order valence-electron chi connectivity index (χ2n) is 5.22. The third-order valence-corrected chi connectivity index (χ3v) is 4.03. The zero-order chi connectivity index (χ0) is 13.2. The standard InChI is InChI=1S/C15H19N3O/c1-2-12-9-13(7-8-16-12)18-15(19)14-6-4-3-5-11(14)10-17-18/h3-6,10,12-13,16H,2,7-9H2,1H3. The van der Waals surface area contributed by atoms with Crippen molar-refractivity contribution in [3.8, 4) is 0 Å². The molecule has 4 nitrogen and oxygen atoms in total. The summed E-state index contributed by atoms with van der Waals surface area (Å²) in [5.74, 6) is 0. The SMILES string of the molecule is CCC1CC(n2ncc3ccccc3c2=O)CCN1. The third kappa shape index (κ3) is 2.28. The Kier molecular flexibility index (Phi) is 3.34. The van der Waals surface area contributed by atoms with Crippen LogP contribution in [0.1, 0.15) is 32.2 Å². The van der Waals surface area contributed by atoms with Crippen LogP contribution in [0.5, 0.6) is 0 Å². The molecule has 1 fully saturated rings. The van der Waals surface area contributed by atoms with Crippen LogP contribution in [-0.4, -0.2) is 22.4 Å². The minimum atomic E-state index is 0.0415. The fourth-order valence-corrected chi connectivity index (χ4v) is 2.88. The Bertz CT molecular complexity index is 635. The average Bonchev–Trinajstić information content (AvgIpc) is 2.48. The Morgan fingerprint density at radius 1 is 1.42 bits per heavy atom. The molecule has 2 heterocycles. The molecule has 2 aromatic rings. The average molecular weight is 257 g/mol. The van der Waals surface area contributed by atoms with E-state index in [9.17, 15) is 4.79 Å². The van der Waals surface area contributed by atoms with E-state index in [2.05, 4.69) is 17.3 Å². The lowest BCUT2D eigenvalue weighted by Gasteiger charge is -2.30. The molecule has 0 spiro atoms. The van der Waals surface area contributed by atoms with Gasteiger partial charge in [-0.1, -0.05) is 25.1 Å². The second kappa shape index (κ2) is 5.13. The molecule has 0 radical (unpaired) electrons. The number of fused-ring (bicyclic) bond motifs is 1. The Labute approximate surface area is 112 Å². The second-order valence-corrected chi connectivity index (χ2v) is 5.22. The van der Waals surface area contributed by atoms with Crippen molar-refractivity contribution in [3.05, 3.63) is 40.8 Å². The first-order valence-corrected chi connectivity index (χ1v) is 6.99. The van der Waals surface area contributed by atoms with Crippen molar-refractivity contribution < 1.29 is 0 Å². The zero-order valence-corrected chi connectivity index (χ0v) is 11.2. The largest absolute Gasteiger partial charge is 0.314 e. The van der Waals surface area contributed by atoms with Crippen LogP contribution in [0, 0.1) is 0 Å². The highest BCUT2D eigenvalue weighted by atomic mass is 16.1. The Morgan fingerprint density at radius 2 is 2.26 bits per heavy atom. The van der Waals surface area contributed by atoms with Gasteiger partial charge in [-0.05, 0) is 31.9 Å². The topological polar surface area (TPSA) is 46.9 Å². The maximum atomic E-state index is 12.5. The normalized spacial score (nSPS) is 23.6. The monoisotopic (exact) mass is 257 g/mol. The van der Waals surface area contributed by atoms with Crippen molar-refractivity contribution in [1.29, 1.82) is 0 Å². The summed E-state index contributed by atoms with van der Waals surface area (Å²) in [6.45, 7) is 3.14. The summed E-state index contributed by atoms with van der Waals surface area (Å²) in [6.07, 6.45) is 4.86. The molecule has 3 rings (SSSR count). The Hall–Kier alpha value is -1.68. The molecular weight excluding hydrogens is 238 g/mol. The molecule has 0 amide bonds. The fraction of sp³-hybridized carbons (Fsp3) is 0.467. The van der Waals surface area contributed by atoms with Gasteiger partial charge < -0.3 is 5.32 Å². The van der Waals surface area contributed by atoms with E-state index in [0.717, 1.165) is 36.6 Å². The third-order valence-electron chi connectivity index (χ3n) is 4.03. The Morgan fingerprint density at radius 3 is 3.11 bits per heavy atom. The van der Waals surface area contributed by atoms with E-state index in [0.29, 0.717) is 6.04 Å². The van der Waals surface area contributed by atoms with Crippen LogP contribution in [0.2, 0.25) is 0 Å². The number of nitrogens with zero attached hydrogens (tertiary/aromatic N) is 2. The van der Waals surface area contributed by atoms with Crippen molar-refractivity contribution in [2.45, 2.75) is 38.3 Å². The van der Waals surface area contributed by atoms with Crippen molar-refractivity contribution >= 4 is 10.8 Å². The van der Waals surface area contributed by atoms with E-state index >= 15 is 0 Å². The molecule has 19 heavy (non-hydrogen) atoms. The number of aromatic nitrogens is 2. The van der Waals surface area contributed by atoms with Crippen LogP contribution in [0.3, 0.4) is 0 Å². The van der Waals surface area contributed by atoms with E-state index in [-0.39, 0.29) is 11.6 Å².